The lowest BCUT2D eigenvalue weighted by Gasteiger charge is -2.23. The number of aromatic nitrogens is 2. The maximum absolute atomic E-state index is 12.7. The van der Waals surface area contributed by atoms with Crippen LogP contribution in [0.25, 0.3) is 0 Å². The first-order valence-electron chi connectivity index (χ1n) is 9.53. The molecule has 28 heavy (non-hydrogen) atoms. The molecule has 1 aromatic carbocycles. The van der Waals surface area contributed by atoms with E-state index in [0.717, 1.165) is 24.5 Å². The predicted molar refractivity (Wildman–Crippen MR) is 113 cm³/mol. The molecule has 0 atom stereocenters. The second-order valence-electron chi connectivity index (χ2n) is 6.82. The van der Waals surface area contributed by atoms with E-state index in [4.69, 9.17) is 0 Å². The highest BCUT2D eigenvalue weighted by molar-refractivity contribution is 5.94. The maximum Gasteiger partial charge on any atom is 0.255 e. The predicted octanol–water partition coefficient (Wildman–Crippen LogP) is 4.26. The molecule has 5 nitrogen and oxygen atoms in total. The van der Waals surface area contributed by atoms with Gasteiger partial charge in [0.15, 0.2) is 0 Å². The number of hydrogen-bond donors (Lipinski definition) is 0. The van der Waals surface area contributed by atoms with Crippen molar-refractivity contribution in [1.29, 1.82) is 0 Å². The molecule has 0 fully saturated rings. The number of carbonyl (C=O) groups excluding carboxylic acids is 1. The molecule has 0 bridgehead atoms. The van der Waals surface area contributed by atoms with Gasteiger partial charge in [0, 0.05) is 44.4 Å². The van der Waals surface area contributed by atoms with Crippen molar-refractivity contribution in [3.63, 3.8) is 0 Å². The van der Waals surface area contributed by atoms with Gasteiger partial charge in [-0.2, -0.15) is 0 Å². The fraction of sp³-hybridized carbons (Fsp3) is 0.261. The second kappa shape index (κ2) is 9.13. The lowest BCUT2D eigenvalue weighted by atomic mass is 10.2. The third-order valence-corrected chi connectivity index (χ3v) is 4.73. The van der Waals surface area contributed by atoms with Gasteiger partial charge in [0.25, 0.3) is 5.91 Å². The van der Waals surface area contributed by atoms with Crippen LogP contribution in [0.5, 0.6) is 0 Å². The van der Waals surface area contributed by atoms with Crippen LogP contribution in [0.4, 0.5) is 11.5 Å². The molecule has 3 rings (SSSR count). The molecule has 2 heterocycles. The van der Waals surface area contributed by atoms with E-state index in [-0.39, 0.29) is 5.91 Å². The Morgan fingerprint density at radius 1 is 1.07 bits per heavy atom. The van der Waals surface area contributed by atoms with Gasteiger partial charge in [-0.25, -0.2) is 4.98 Å². The second-order valence-corrected chi connectivity index (χ2v) is 6.82. The van der Waals surface area contributed by atoms with Gasteiger partial charge in [0.1, 0.15) is 5.82 Å². The summed E-state index contributed by atoms with van der Waals surface area (Å²) in [6.45, 7) is 5.62. The number of hydrogen-bond acceptors (Lipinski definition) is 4. The van der Waals surface area contributed by atoms with E-state index in [1.165, 1.54) is 11.1 Å². The van der Waals surface area contributed by atoms with Crippen molar-refractivity contribution < 1.29 is 4.79 Å². The minimum atomic E-state index is -0.0216. The van der Waals surface area contributed by atoms with Gasteiger partial charge < -0.3 is 9.80 Å². The van der Waals surface area contributed by atoms with Crippen LogP contribution in [0.1, 0.15) is 28.4 Å². The number of anilines is 2. The van der Waals surface area contributed by atoms with E-state index in [0.29, 0.717) is 12.1 Å². The number of likely N-dealkylation sites (N-methyl/N-ethyl adjacent to an activating group) is 1. The van der Waals surface area contributed by atoms with Crippen molar-refractivity contribution in [2.75, 3.05) is 25.0 Å². The Morgan fingerprint density at radius 3 is 2.50 bits per heavy atom. The van der Waals surface area contributed by atoms with Crippen molar-refractivity contribution in [2.24, 2.45) is 0 Å². The van der Waals surface area contributed by atoms with Gasteiger partial charge in [-0.3, -0.25) is 9.78 Å². The molecule has 0 saturated heterocycles. The number of aryl methyl sites for hydroxylation is 1. The molecule has 0 unspecified atom stereocenters. The highest BCUT2D eigenvalue weighted by atomic mass is 16.2. The van der Waals surface area contributed by atoms with Gasteiger partial charge in [-0.05, 0) is 67.8 Å². The summed E-state index contributed by atoms with van der Waals surface area (Å²) in [6, 6.07) is 16.0. The molecule has 0 N–H and O–H groups in total. The fourth-order valence-corrected chi connectivity index (χ4v) is 3.11. The van der Waals surface area contributed by atoms with Crippen molar-refractivity contribution in [2.45, 2.75) is 20.3 Å². The minimum absolute atomic E-state index is 0.0216. The van der Waals surface area contributed by atoms with E-state index in [9.17, 15) is 4.79 Å². The molecule has 0 spiro atoms. The Bertz CT molecular complexity index is 909. The SMILES string of the molecule is CCN(c1cccc(C)c1)c1ccc(C(=O)N(C)CCc2ccncc2)cn1. The summed E-state index contributed by atoms with van der Waals surface area (Å²) in [5, 5.41) is 0. The third kappa shape index (κ3) is 4.74. The molecule has 5 heteroatoms. The number of rotatable bonds is 7. The van der Waals surface area contributed by atoms with Crippen molar-refractivity contribution in [3.05, 3.63) is 83.8 Å². The Kier molecular flexibility index (Phi) is 6.37. The topological polar surface area (TPSA) is 49.3 Å². The summed E-state index contributed by atoms with van der Waals surface area (Å²) in [6.07, 6.45) is 6.01. The van der Waals surface area contributed by atoms with Crippen LogP contribution in [0.15, 0.2) is 67.1 Å². The van der Waals surface area contributed by atoms with Crippen molar-refractivity contribution in [3.8, 4) is 0 Å². The highest BCUT2D eigenvalue weighted by Gasteiger charge is 2.14. The van der Waals surface area contributed by atoms with E-state index in [1.807, 2.05) is 37.4 Å². The molecule has 0 aliphatic rings. The van der Waals surface area contributed by atoms with Crippen molar-refractivity contribution >= 4 is 17.4 Å². The Hall–Kier alpha value is -3.21. The van der Waals surface area contributed by atoms with Gasteiger partial charge in [0.05, 0.1) is 5.56 Å². The number of benzene rings is 1. The molecular weight excluding hydrogens is 348 g/mol. The molecular formula is C23H26N4O. The summed E-state index contributed by atoms with van der Waals surface area (Å²) in [4.78, 5) is 25.1. The lowest BCUT2D eigenvalue weighted by Crippen LogP contribution is -2.29. The van der Waals surface area contributed by atoms with Gasteiger partial charge in [-0.1, -0.05) is 12.1 Å². The quantitative estimate of drug-likeness (QED) is 0.620. The molecule has 0 radical (unpaired) electrons. The maximum atomic E-state index is 12.7. The van der Waals surface area contributed by atoms with Crippen LogP contribution >= 0.6 is 0 Å². The van der Waals surface area contributed by atoms with Gasteiger partial charge in [0.2, 0.25) is 0 Å². The van der Waals surface area contributed by atoms with E-state index in [1.54, 1.807) is 23.5 Å². The molecule has 144 valence electrons. The Labute approximate surface area is 166 Å². The first kappa shape index (κ1) is 19.5. The first-order valence-corrected chi connectivity index (χ1v) is 9.53. The highest BCUT2D eigenvalue weighted by Crippen LogP contribution is 2.24. The van der Waals surface area contributed by atoms with Crippen LogP contribution in [0, 0.1) is 6.92 Å². The van der Waals surface area contributed by atoms with Crippen LogP contribution in [0.3, 0.4) is 0 Å². The summed E-state index contributed by atoms with van der Waals surface area (Å²) in [5.41, 5.74) is 4.07. The molecule has 1 amide bonds. The number of carbonyl (C=O) groups is 1. The Balaban J connectivity index is 1.68. The lowest BCUT2D eigenvalue weighted by molar-refractivity contribution is 0.0796. The van der Waals surface area contributed by atoms with Crippen molar-refractivity contribution in [1.82, 2.24) is 14.9 Å². The summed E-state index contributed by atoms with van der Waals surface area (Å²) in [7, 11) is 1.82. The third-order valence-electron chi connectivity index (χ3n) is 4.73. The van der Waals surface area contributed by atoms with Crippen LogP contribution < -0.4 is 4.90 Å². The summed E-state index contributed by atoms with van der Waals surface area (Å²) < 4.78 is 0. The molecule has 0 saturated carbocycles. The average molecular weight is 374 g/mol. The summed E-state index contributed by atoms with van der Waals surface area (Å²) >= 11 is 0. The number of amides is 1. The van der Waals surface area contributed by atoms with Gasteiger partial charge in [-0.15, -0.1) is 0 Å². The van der Waals surface area contributed by atoms with Crippen LogP contribution in [-0.2, 0) is 6.42 Å². The average Bonchev–Trinajstić information content (AvgIpc) is 2.73. The smallest absolute Gasteiger partial charge is 0.255 e. The van der Waals surface area contributed by atoms with E-state index in [2.05, 4.69) is 46.9 Å². The van der Waals surface area contributed by atoms with E-state index < -0.39 is 0 Å². The largest absolute Gasteiger partial charge is 0.341 e. The molecule has 0 aliphatic heterocycles. The summed E-state index contributed by atoms with van der Waals surface area (Å²) in [5.74, 6) is 0.816. The van der Waals surface area contributed by atoms with Gasteiger partial charge >= 0.3 is 0 Å². The minimum Gasteiger partial charge on any atom is -0.341 e. The number of nitrogens with zero attached hydrogens (tertiary/aromatic N) is 4. The molecule has 2 aromatic heterocycles. The monoisotopic (exact) mass is 374 g/mol. The van der Waals surface area contributed by atoms with Crippen LogP contribution in [-0.4, -0.2) is 40.9 Å². The zero-order valence-corrected chi connectivity index (χ0v) is 16.7. The van der Waals surface area contributed by atoms with E-state index >= 15 is 0 Å². The zero-order chi connectivity index (χ0) is 19.9. The zero-order valence-electron chi connectivity index (χ0n) is 16.7. The number of pyridine rings is 2. The fourth-order valence-electron chi connectivity index (χ4n) is 3.11. The Morgan fingerprint density at radius 2 is 1.86 bits per heavy atom. The molecule has 3 aromatic rings. The normalized spacial score (nSPS) is 10.5. The standard InChI is InChI=1S/C23H26N4O/c1-4-27(21-7-5-6-18(2)16-21)22-9-8-20(17-25-22)23(28)26(3)15-12-19-10-13-24-14-11-19/h5-11,13-14,16-17H,4,12,15H2,1-3H3. The van der Waals surface area contributed by atoms with Crippen LogP contribution in [0.2, 0.25) is 0 Å². The molecule has 0 aliphatic carbocycles. The first-order chi connectivity index (χ1) is 13.6.